The van der Waals surface area contributed by atoms with E-state index in [9.17, 15) is 22.4 Å². The van der Waals surface area contributed by atoms with Crippen LogP contribution in [0.2, 0.25) is 0 Å². The molecule has 0 spiro atoms. The average Bonchev–Trinajstić information content (AvgIpc) is 2.82. The van der Waals surface area contributed by atoms with Crippen molar-refractivity contribution in [3.05, 3.63) is 66.0 Å². The molecule has 1 N–H and O–H groups in total. The number of carbonyl (C=O) groups is 2. The van der Waals surface area contributed by atoms with Crippen LogP contribution in [0.4, 0.5) is 4.39 Å². The number of nitrogens with one attached hydrogen (secondary N) is 1. The zero-order chi connectivity index (χ0) is 25.0. The molecule has 0 bridgehead atoms. The van der Waals surface area contributed by atoms with Crippen LogP contribution in [0.25, 0.3) is 0 Å². The van der Waals surface area contributed by atoms with Crippen LogP contribution in [0, 0.1) is 28.5 Å². The van der Waals surface area contributed by atoms with E-state index in [1.54, 1.807) is 30.3 Å². The van der Waals surface area contributed by atoms with Crippen LogP contribution in [-0.4, -0.2) is 50.9 Å². The van der Waals surface area contributed by atoms with Gasteiger partial charge in [0.15, 0.2) is 6.61 Å². The molecule has 0 fully saturated rings. The number of esters is 1. The Labute approximate surface area is 197 Å². The van der Waals surface area contributed by atoms with Gasteiger partial charge in [0.25, 0.3) is 5.91 Å². The van der Waals surface area contributed by atoms with Gasteiger partial charge in [0.2, 0.25) is 10.0 Å². The number of hydrogen-bond donors (Lipinski definition) is 1. The predicted octanol–water partition coefficient (Wildman–Crippen LogP) is 1.91. The maximum atomic E-state index is 14.1. The molecule has 1 amide bonds. The van der Waals surface area contributed by atoms with Crippen LogP contribution in [-0.2, 0) is 30.8 Å². The monoisotopic (exact) mass is 486 g/mol. The number of benzene rings is 2. The minimum absolute atomic E-state index is 0.0319. The van der Waals surface area contributed by atoms with Crippen molar-refractivity contribution >= 4 is 21.9 Å². The molecule has 34 heavy (non-hydrogen) atoms. The van der Waals surface area contributed by atoms with E-state index in [1.165, 1.54) is 17.0 Å². The van der Waals surface area contributed by atoms with Gasteiger partial charge in [-0.3, -0.25) is 9.59 Å². The van der Waals surface area contributed by atoms with E-state index < -0.39 is 45.3 Å². The van der Waals surface area contributed by atoms with E-state index in [1.807, 2.05) is 12.1 Å². The first-order chi connectivity index (χ1) is 16.3. The molecule has 0 heterocycles. The second kappa shape index (κ2) is 13.0. The molecule has 9 nitrogen and oxygen atoms in total. The molecule has 0 aliphatic rings. The van der Waals surface area contributed by atoms with Crippen molar-refractivity contribution in [3.63, 3.8) is 0 Å². The lowest BCUT2D eigenvalue weighted by molar-refractivity contribution is -0.153. The lowest BCUT2D eigenvalue weighted by Gasteiger charge is -2.22. The van der Waals surface area contributed by atoms with Gasteiger partial charge in [-0.2, -0.15) is 15.2 Å². The van der Waals surface area contributed by atoms with Crippen molar-refractivity contribution in [2.24, 2.45) is 0 Å². The fraction of sp³-hybridized carbons (Fsp3) is 0.304. The number of nitriles is 2. The third-order valence-electron chi connectivity index (χ3n) is 4.67. The number of carbonyl (C=O) groups excluding carboxylic acids is 2. The summed E-state index contributed by atoms with van der Waals surface area (Å²) in [6.45, 7) is -0.591. The van der Waals surface area contributed by atoms with Crippen molar-refractivity contribution in [2.45, 2.75) is 30.2 Å². The summed E-state index contributed by atoms with van der Waals surface area (Å²) < 4.78 is 46.8. The summed E-state index contributed by atoms with van der Waals surface area (Å²) >= 11 is 0. The summed E-state index contributed by atoms with van der Waals surface area (Å²) in [4.78, 5) is 25.8. The highest BCUT2D eigenvalue weighted by molar-refractivity contribution is 7.89. The Kier molecular flexibility index (Phi) is 10.1. The smallest absolute Gasteiger partial charge is 0.325 e. The Hall–Kier alpha value is -3.80. The summed E-state index contributed by atoms with van der Waals surface area (Å²) in [6.07, 6.45) is -0.0392. The van der Waals surface area contributed by atoms with Gasteiger partial charge in [0.1, 0.15) is 16.8 Å². The van der Waals surface area contributed by atoms with Crippen LogP contribution in [0.15, 0.2) is 59.5 Å². The maximum absolute atomic E-state index is 14.1. The van der Waals surface area contributed by atoms with Crippen molar-refractivity contribution in [1.29, 1.82) is 10.5 Å². The molecule has 0 aromatic heterocycles. The van der Waals surface area contributed by atoms with Crippen LogP contribution < -0.4 is 4.72 Å². The van der Waals surface area contributed by atoms with E-state index in [0.29, 0.717) is 5.56 Å². The van der Waals surface area contributed by atoms with Crippen molar-refractivity contribution in [2.75, 3.05) is 19.7 Å². The molecule has 0 aliphatic heterocycles. The van der Waals surface area contributed by atoms with Crippen molar-refractivity contribution in [1.82, 2.24) is 9.62 Å². The molecule has 0 radical (unpaired) electrons. The Morgan fingerprint density at radius 1 is 1.00 bits per heavy atom. The lowest BCUT2D eigenvalue weighted by Crippen LogP contribution is -2.45. The van der Waals surface area contributed by atoms with E-state index in [0.717, 1.165) is 12.1 Å². The highest BCUT2D eigenvalue weighted by Crippen LogP contribution is 2.15. The standard InChI is InChI=1S/C23H23FN4O5S/c24-19-10-4-5-11-21(19)34(31,32)27-20(16-18-8-2-1-3-9-18)23(30)33-17-22(29)28(14-6-12-25)15-7-13-26/h1-5,8-11,20,27H,6-7,14-17H2. The summed E-state index contributed by atoms with van der Waals surface area (Å²) in [5, 5.41) is 17.5. The van der Waals surface area contributed by atoms with Crippen molar-refractivity contribution < 1.29 is 27.1 Å². The number of hydrogen-bond acceptors (Lipinski definition) is 7. The SMILES string of the molecule is N#CCCN(CCC#N)C(=O)COC(=O)C(Cc1ccccc1)NS(=O)(=O)c1ccccc1F. The van der Waals surface area contributed by atoms with Gasteiger partial charge < -0.3 is 9.64 Å². The van der Waals surface area contributed by atoms with Gasteiger partial charge in [0.05, 0.1) is 25.0 Å². The van der Waals surface area contributed by atoms with Gasteiger partial charge in [-0.15, -0.1) is 0 Å². The number of ether oxygens (including phenoxy) is 1. The van der Waals surface area contributed by atoms with E-state index >= 15 is 0 Å². The topological polar surface area (TPSA) is 140 Å². The normalized spacial score (nSPS) is 11.6. The van der Waals surface area contributed by atoms with Gasteiger partial charge in [-0.1, -0.05) is 42.5 Å². The van der Waals surface area contributed by atoms with E-state index in [2.05, 4.69) is 4.72 Å². The Balaban J connectivity index is 2.17. The second-order valence-corrected chi connectivity index (χ2v) is 8.78. The largest absolute Gasteiger partial charge is 0.454 e. The van der Waals surface area contributed by atoms with Crippen LogP contribution in [0.5, 0.6) is 0 Å². The molecular weight excluding hydrogens is 463 g/mol. The Bertz CT molecular complexity index is 1160. The quantitative estimate of drug-likeness (QED) is 0.452. The maximum Gasteiger partial charge on any atom is 0.325 e. The highest BCUT2D eigenvalue weighted by atomic mass is 32.2. The summed E-state index contributed by atoms with van der Waals surface area (Å²) in [5.41, 5.74) is 0.608. The van der Waals surface area contributed by atoms with Crippen LogP contribution >= 0.6 is 0 Å². The molecular formula is C23H23FN4O5S. The summed E-state index contributed by atoms with van der Waals surface area (Å²) in [5.74, 6) is -2.64. The minimum atomic E-state index is -4.43. The third-order valence-corrected chi connectivity index (χ3v) is 6.17. The zero-order valence-electron chi connectivity index (χ0n) is 18.2. The van der Waals surface area contributed by atoms with Gasteiger partial charge >= 0.3 is 5.97 Å². The predicted molar refractivity (Wildman–Crippen MR) is 119 cm³/mol. The number of nitrogens with zero attached hydrogens (tertiary/aromatic N) is 3. The summed E-state index contributed by atoms with van der Waals surface area (Å²) in [7, 11) is -4.43. The molecule has 0 aliphatic carbocycles. The van der Waals surface area contributed by atoms with Crippen LogP contribution in [0.1, 0.15) is 18.4 Å². The molecule has 2 rings (SSSR count). The summed E-state index contributed by atoms with van der Waals surface area (Å²) in [6, 6.07) is 15.6. The van der Waals surface area contributed by atoms with E-state index in [4.69, 9.17) is 15.3 Å². The fourth-order valence-electron chi connectivity index (χ4n) is 2.99. The molecule has 2 aromatic carbocycles. The molecule has 0 saturated heterocycles. The molecule has 11 heteroatoms. The van der Waals surface area contributed by atoms with Crippen molar-refractivity contribution in [3.8, 4) is 12.1 Å². The minimum Gasteiger partial charge on any atom is -0.454 e. The molecule has 1 atom stereocenters. The molecule has 0 saturated carbocycles. The molecule has 2 aromatic rings. The first-order valence-electron chi connectivity index (χ1n) is 10.3. The molecule has 178 valence electrons. The number of sulfonamides is 1. The lowest BCUT2D eigenvalue weighted by atomic mass is 10.1. The first-order valence-corrected chi connectivity index (χ1v) is 11.8. The van der Waals surface area contributed by atoms with Gasteiger partial charge in [0, 0.05) is 13.1 Å². The first kappa shape index (κ1) is 26.5. The average molecular weight is 487 g/mol. The second-order valence-electron chi connectivity index (χ2n) is 7.10. The van der Waals surface area contributed by atoms with Gasteiger partial charge in [-0.05, 0) is 24.1 Å². The highest BCUT2D eigenvalue weighted by Gasteiger charge is 2.29. The Morgan fingerprint density at radius 2 is 1.59 bits per heavy atom. The number of halogens is 1. The third kappa shape index (κ3) is 7.96. The van der Waals surface area contributed by atoms with E-state index in [-0.39, 0.29) is 32.4 Å². The van der Waals surface area contributed by atoms with Gasteiger partial charge in [-0.25, -0.2) is 12.8 Å². The fourth-order valence-corrected chi connectivity index (χ4v) is 4.26. The Morgan fingerprint density at radius 3 is 2.18 bits per heavy atom. The zero-order valence-corrected chi connectivity index (χ0v) is 19.0. The molecule has 1 unspecified atom stereocenters. The number of rotatable bonds is 12. The number of amides is 1. The van der Waals surface area contributed by atoms with Crippen LogP contribution in [0.3, 0.4) is 0 Å².